The van der Waals surface area contributed by atoms with Gasteiger partial charge in [-0.05, 0) is 56.5 Å². The van der Waals surface area contributed by atoms with Crippen LogP contribution in [0.4, 0.5) is 0 Å². The molecule has 6 heteroatoms. The molecule has 0 saturated heterocycles. The number of halogens is 1. The molecule has 1 amide bonds. The minimum Gasteiger partial charge on any atom is -0.465 e. The highest BCUT2D eigenvalue weighted by Gasteiger charge is 2.43. The number of rotatable bonds is 2. The van der Waals surface area contributed by atoms with Crippen LogP contribution in [0, 0.1) is 0 Å². The average molecular weight is 336 g/mol. The summed E-state index contributed by atoms with van der Waals surface area (Å²) in [6, 6.07) is 14.3. The van der Waals surface area contributed by atoms with Crippen molar-refractivity contribution in [2.24, 2.45) is 0 Å². The van der Waals surface area contributed by atoms with Crippen LogP contribution in [-0.4, -0.2) is 30.3 Å². The molecule has 1 aliphatic heterocycles. The lowest BCUT2D eigenvalue weighted by Crippen LogP contribution is -2.20. The number of carbonyl (C=O) groups excluding carboxylic acids is 2. The van der Waals surface area contributed by atoms with Crippen LogP contribution in [0.3, 0.4) is 0 Å². The molecule has 0 aromatic heterocycles. The molecule has 0 N–H and O–H groups in total. The first kappa shape index (κ1) is 14.9. The molecular formula is C16H14ClNO3S. The number of esters is 1. The zero-order chi connectivity index (χ0) is 15.9. The smallest absolute Gasteiger partial charge is 0.337 e. The second-order valence-electron chi connectivity index (χ2n) is 4.82. The van der Waals surface area contributed by atoms with Crippen molar-refractivity contribution in [1.82, 2.24) is 4.31 Å². The highest BCUT2D eigenvalue weighted by atomic mass is 35.7. The molecule has 22 heavy (non-hydrogen) atoms. The summed E-state index contributed by atoms with van der Waals surface area (Å²) in [6.45, 7) is 0. The third-order valence-corrected chi connectivity index (χ3v) is 8.07. The summed E-state index contributed by atoms with van der Waals surface area (Å²) in [5.41, 5.74) is 1.08. The molecule has 1 aliphatic rings. The van der Waals surface area contributed by atoms with Crippen LogP contribution in [-0.2, 0) is 4.74 Å². The van der Waals surface area contributed by atoms with Crippen molar-refractivity contribution >= 4 is 32.0 Å². The lowest BCUT2D eigenvalue weighted by Gasteiger charge is -2.36. The maximum atomic E-state index is 12.4. The number of nitrogens with zero attached hydrogens (tertiary/aromatic N) is 1. The van der Waals surface area contributed by atoms with Gasteiger partial charge in [-0.1, -0.05) is 12.1 Å². The Kier molecular flexibility index (Phi) is 3.62. The number of carbonyl (C=O) groups is 2. The normalized spacial score (nSPS) is 22.9. The zero-order valence-corrected chi connectivity index (χ0v) is 13.6. The van der Waals surface area contributed by atoms with Crippen molar-refractivity contribution in [3.63, 3.8) is 0 Å². The zero-order valence-electron chi connectivity index (χ0n) is 12.1. The number of hydrogen-bond acceptors (Lipinski definition) is 3. The van der Waals surface area contributed by atoms with Gasteiger partial charge in [0.05, 0.1) is 18.2 Å². The van der Waals surface area contributed by atoms with Crippen LogP contribution < -0.4 is 0 Å². The van der Waals surface area contributed by atoms with E-state index in [2.05, 4.69) is 0 Å². The number of methoxy groups -OCH3 is 1. The van der Waals surface area contributed by atoms with Gasteiger partial charge in [-0.2, -0.15) is 0 Å². The minimum atomic E-state index is -2.11. The first-order valence-corrected chi connectivity index (χ1v) is 9.00. The molecule has 0 spiro atoms. The fraction of sp³-hybridized carbons (Fsp3) is 0.125. The van der Waals surface area contributed by atoms with Crippen LogP contribution in [0.2, 0.25) is 0 Å². The fourth-order valence-electron chi connectivity index (χ4n) is 2.48. The largest absolute Gasteiger partial charge is 0.465 e. The molecule has 4 nitrogen and oxygen atoms in total. The highest BCUT2D eigenvalue weighted by molar-refractivity contribution is 8.50. The van der Waals surface area contributed by atoms with Gasteiger partial charge in [0, 0.05) is 16.8 Å². The van der Waals surface area contributed by atoms with Crippen molar-refractivity contribution in [3.8, 4) is 0 Å². The molecule has 0 bridgehead atoms. The minimum absolute atomic E-state index is 0.0855. The van der Waals surface area contributed by atoms with Crippen LogP contribution in [0.1, 0.15) is 20.7 Å². The summed E-state index contributed by atoms with van der Waals surface area (Å²) in [7, 11) is 7.84. The number of benzene rings is 2. The van der Waals surface area contributed by atoms with E-state index in [0.29, 0.717) is 11.1 Å². The van der Waals surface area contributed by atoms with E-state index in [4.69, 9.17) is 15.4 Å². The molecule has 1 atom stereocenters. The van der Waals surface area contributed by atoms with Crippen LogP contribution >= 0.6 is 20.1 Å². The predicted octanol–water partition coefficient (Wildman–Crippen LogP) is 3.85. The molecule has 2 aromatic rings. The molecule has 0 aliphatic carbocycles. The molecular weight excluding hydrogens is 322 g/mol. The summed E-state index contributed by atoms with van der Waals surface area (Å²) < 4.78 is 6.28. The van der Waals surface area contributed by atoms with Gasteiger partial charge in [-0.25, -0.2) is 4.79 Å². The maximum absolute atomic E-state index is 12.4. The Labute approximate surface area is 134 Å². The van der Waals surface area contributed by atoms with E-state index in [1.165, 1.54) is 7.11 Å². The van der Waals surface area contributed by atoms with Crippen molar-refractivity contribution < 1.29 is 14.3 Å². The van der Waals surface area contributed by atoms with E-state index < -0.39 is 15.4 Å². The van der Waals surface area contributed by atoms with Crippen molar-refractivity contribution in [1.29, 1.82) is 0 Å². The summed E-state index contributed by atoms with van der Waals surface area (Å²) in [5, 5.41) is 0. The van der Waals surface area contributed by atoms with E-state index in [1.807, 2.05) is 18.2 Å². The summed E-state index contributed by atoms with van der Waals surface area (Å²) >= 11 is 0. The van der Waals surface area contributed by atoms with E-state index in [-0.39, 0.29) is 5.91 Å². The van der Waals surface area contributed by atoms with E-state index in [9.17, 15) is 9.59 Å². The topological polar surface area (TPSA) is 46.6 Å². The number of hydrogen-bond donors (Lipinski definition) is 0. The first-order chi connectivity index (χ1) is 10.5. The SMILES string of the molecule is COC(=O)c1ccc(S2(Cl)c3ccccc3C(=O)N2C)cc1. The van der Waals surface area contributed by atoms with Crippen molar-refractivity contribution in [2.75, 3.05) is 14.2 Å². The quantitative estimate of drug-likeness (QED) is 0.783. The molecule has 0 fully saturated rings. The molecule has 3 rings (SSSR count). The Morgan fingerprint density at radius 2 is 1.77 bits per heavy atom. The Balaban J connectivity index is 2.11. The molecule has 1 heterocycles. The summed E-state index contributed by atoms with van der Waals surface area (Å²) in [4.78, 5) is 25.6. The van der Waals surface area contributed by atoms with Gasteiger partial charge < -0.3 is 4.74 Å². The van der Waals surface area contributed by atoms with Crippen molar-refractivity contribution in [3.05, 3.63) is 59.7 Å². The highest BCUT2D eigenvalue weighted by Crippen LogP contribution is 2.72. The Bertz CT molecular complexity index is 762. The van der Waals surface area contributed by atoms with Gasteiger partial charge in [0.1, 0.15) is 0 Å². The lowest BCUT2D eigenvalue weighted by atomic mass is 10.2. The van der Waals surface area contributed by atoms with Gasteiger partial charge in [-0.3, -0.25) is 9.10 Å². The second-order valence-corrected chi connectivity index (χ2v) is 8.64. The van der Waals surface area contributed by atoms with Gasteiger partial charge in [0.2, 0.25) is 0 Å². The number of fused-ring (bicyclic) bond motifs is 1. The number of ether oxygens (including phenoxy) is 1. The Hall–Kier alpha value is -1.98. The molecule has 114 valence electrons. The van der Waals surface area contributed by atoms with Gasteiger partial charge in [0.15, 0.2) is 0 Å². The molecule has 0 radical (unpaired) electrons. The van der Waals surface area contributed by atoms with E-state index >= 15 is 0 Å². The van der Waals surface area contributed by atoms with Crippen LogP contribution in [0.15, 0.2) is 58.3 Å². The lowest BCUT2D eigenvalue weighted by molar-refractivity contribution is 0.0600. The monoisotopic (exact) mass is 335 g/mol. The first-order valence-electron chi connectivity index (χ1n) is 6.59. The van der Waals surface area contributed by atoms with Crippen molar-refractivity contribution in [2.45, 2.75) is 9.79 Å². The van der Waals surface area contributed by atoms with Gasteiger partial charge >= 0.3 is 5.97 Å². The summed E-state index contributed by atoms with van der Waals surface area (Å²) in [6.07, 6.45) is 0. The van der Waals surface area contributed by atoms with Gasteiger partial charge in [-0.15, -0.1) is 0 Å². The second kappa shape index (κ2) is 5.34. The van der Waals surface area contributed by atoms with E-state index in [1.54, 1.807) is 41.7 Å². The molecule has 1 unspecified atom stereocenters. The Morgan fingerprint density at radius 1 is 1.14 bits per heavy atom. The summed E-state index contributed by atoms with van der Waals surface area (Å²) in [5.74, 6) is -0.487. The number of amides is 1. The average Bonchev–Trinajstić information content (AvgIpc) is 2.77. The Morgan fingerprint density at radius 3 is 2.41 bits per heavy atom. The predicted molar refractivity (Wildman–Crippen MR) is 86.3 cm³/mol. The van der Waals surface area contributed by atoms with E-state index in [0.717, 1.165) is 9.79 Å². The fourth-order valence-corrected chi connectivity index (χ4v) is 5.78. The third-order valence-electron chi connectivity index (χ3n) is 3.66. The standard InChI is InChI=1S/C16H14ClNO3S/c1-18-15(19)13-5-3-4-6-14(13)22(18,17)12-9-7-11(8-10-12)16(20)21-2/h3-10H,1-2H3. The molecule has 2 aromatic carbocycles. The van der Waals surface area contributed by atoms with Gasteiger partial charge in [0.25, 0.3) is 5.91 Å². The maximum Gasteiger partial charge on any atom is 0.337 e. The van der Waals surface area contributed by atoms with Crippen LogP contribution in [0.5, 0.6) is 0 Å². The third kappa shape index (κ3) is 2.01. The van der Waals surface area contributed by atoms with Crippen LogP contribution in [0.25, 0.3) is 0 Å². The molecule has 0 saturated carbocycles.